The summed E-state index contributed by atoms with van der Waals surface area (Å²) in [4.78, 5) is 33.8. The Kier molecular flexibility index (Phi) is 5.20. The van der Waals surface area contributed by atoms with Gasteiger partial charge in [-0.25, -0.2) is 4.79 Å². The Labute approximate surface area is 123 Å². The Morgan fingerprint density at radius 1 is 1.00 bits per heavy atom. The van der Waals surface area contributed by atoms with E-state index >= 15 is 0 Å². The minimum absolute atomic E-state index is 0.167. The molecule has 0 saturated heterocycles. The molecule has 2 rings (SSSR count). The van der Waals surface area contributed by atoms with Crippen LogP contribution in [0.25, 0.3) is 0 Å². The zero-order valence-electron chi connectivity index (χ0n) is 12.1. The highest BCUT2D eigenvalue weighted by atomic mass is 16.4. The van der Waals surface area contributed by atoms with Crippen molar-refractivity contribution in [1.82, 2.24) is 5.32 Å². The number of carboxylic acids is 2. The Hall–Kier alpha value is -1.59. The van der Waals surface area contributed by atoms with E-state index in [2.05, 4.69) is 5.32 Å². The van der Waals surface area contributed by atoms with Crippen LogP contribution in [0.5, 0.6) is 0 Å². The van der Waals surface area contributed by atoms with Gasteiger partial charge in [-0.2, -0.15) is 0 Å². The number of hydrogen-bond donors (Lipinski definition) is 3. The first-order valence-electron chi connectivity index (χ1n) is 7.72. The summed E-state index contributed by atoms with van der Waals surface area (Å²) in [6.45, 7) is 0. The number of hydrogen-bond acceptors (Lipinski definition) is 3. The monoisotopic (exact) mass is 297 g/mol. The standard InChI is InChI=1S/C15H23NO5/c17-13(18)8-12(15(20)21)16-14(19)11-6-5-9-3-1-2-4-10(9)7-11/h9-12H,1-8H2,(H,16,19)(H,17,18)(H,20,21). The van der Waals surface area contributed by atoms with Gasteiger partial charge in [0.15, 0.2) is 0 Å². The van der Waals surface area contributed by atoms with Crippen LogP contribution in [-0.4, -0.2) is 34.1 Å². The molecule has 3 N–H and O–H groups in total. The van der Waals surface area contributed by atoms with Crippen LogP contribution < -0.4 is 5.32 Å². The molecule has 21 heavy (non-hydrogen) atoms. The van der Waals surface area contributed by atoms with E-state index in [1.54, 1.807) is 0 Å². The maximum Gasteiger partial charge on any atom is 0.326 e. The molecule has 0 aromatic heterocycles. The summed E-state index contributed by atoms with van der Waals surface area (Å²) in [5, 5.41) is 20.1. The van der Waals surface area contributed by atoms with Crippen molar-refractivity contribution >= 4 is 17.8 Å². The van der Waals surface area contributed by atoms with Crippen molar-refractivity contribution in [1.29, 1.82) is 0 Å². The van der Waals surface area contributed by atoms with Crippen LogP contribution in [-0.2, 0) is 14.4 Å². The predicted molar refractivity (Wildman–Crippen MR) is 74.6 cm³/mol. The molecule has 6 nitrogen and oxygen atoms in total. The van der Waals surface area contributed by atoms with E-state index in [0.29, 0.717) is 5.92 Å². The van der Waals surface area contributed by atoms with E-state index in [4.69, 9.17) is 10.2 Å². The second kappa shape index (κ2) is 6.91. The third-order valence-electron chi connectivity index (χ3n) is 4.90. The molecule has 0 spiro atoms. The van der Waals surface area contributed by atoms with Crippen LogP contribution >= 0.6 is 0 Å². The second-order valence-corrected chi connectivity index (χ2v) is 6.31. The van der Waals surface area contributed by atoms with Crippen molar-refractivity contribution in [3.63, 3.8) is 0 Å². The van der Waals surface area contributed by atoms with Crippen molar-refractivity contribution in [3.05, 3.63) is 0 Å². The highest BCUT2D eigenvalue weighted by Gasteiger charge is 2.36. The lowest BCUT2D eigenvalue weighted by Crippen LogP contribution is -2.46. The topological polar surface area (TPSA) is 104 Å². The molecule has 2 fully saturated rings. The number of fused-ring (bicyclic) bond motifs is 1. The van der Waals surface area contributed by atoms with Gasteiger partial charge in [0, 0.05) is 5.92 Å². The van der Waals surface area contributed by atoms with Crippen molar-refractivity contribution < 1.29 is 24.6 Å². The predicted octanol–water partition coefficient (Wildman–Crippen LogP) is 1.64. The third kappa shape index (κ3) is 4.19. The molecule has 0 heterocycles. The number of carbonyl (C=O) groups excluding carboxylic acids is 1. The van der Waals surface area contributed by atoms with Crippen molar-refractivity contribution in [2.75, 3.05) is 0 Å². The van der Waals surface area contributed by atoms with Gasteiger partial charge in [-0.3, -0.25) is 9.59 Å². The zero-order valence-corrected chi connectivity index (χ0v) is 12.1. The highest BCUT2D eigenvalue weighted by molar-refractivity contribution is 5.87. The molecule has 0 aliphatic heterocycles. The Bertz CT molecular complexity index is 422. The summed E-state index contributed by atoms with van der Waals surface area (Å²) in [6.07, 6.45) is 6.94. The first kappa shape index (κ1) is 15.8. The van der Waals surface area contributed by atoms with Gasteiger partial charge in [-0.1, -0.05) is 25.7 Å². The Balaban J connectivity index is 1.90. The van der Waals surface area contributed by atoms with Gasteiger partial charge < -0.3 is 15.5 Å². The van der Waals surface area contributed by atoms with E-state index in [1.807, 2.05) is 0 Å². The fourth-order valence-corrected chi connectivity index (χ4v) is 3.78. The van der Waals surface area contributed by atoms with Gasteiger partial charge in [0.25, 0.3) is 0 Å². The summed E-state index contributed by atoms with van der Waals surface area (Å²) in [6, 6.07) is -1.33. The molecule has 2 saturated carbocycles. The summed E-state index contributed by atoms with van der Waals surface area (Å²) in [7, 11) is 0. The van der Waals surface area contributed by atoms with Gasteiger partial charge in [0.05, 0.1) is 6.42 Å². The van der Waals surface area contributed by atoms with Gasteiger partial charge in [0.1, 0.15) is 6.04 Å². The van der Waals surface area contributed by atoms with Gasteiger partial charge in [0.2, 0.25) is 5.91 Å². The fourth-order valence-electron chi connectivity index (χ4n) is 3.78. The van der Waals surface area contributed by atoms with Gasteiger partial charge in [-0.15, -0.1) is 0 Å². The van der Waals surface area contributed by atoms with Crippen LogP contribution in [0.3, 0.4) is 0 Å². The molecule has 0 aromatic rings. The molecular formula is C15H23NO5. The van der Waals surface area contributed by atoms with Crippen LogP contribution in [0.2, 0.25) is 0 Å². The summed E-state index contributed by atoms with van der Waals surface area (Å²) < 4.78 is 0. The highest BCUT2D eigenvalue weighted by Crippen LogP contribution is 2.42. The van der Waals surface area contributed by atoms with E-state index in [1.165, 1.54) is 19.3 Å². The number of amides is 1. The van der Waals surface area contributed by atoms with Crippen molar-refractivity contribution in [3.8, 4) is 0 Å². The second-order valence-electron chi connectivity index (χ2n) is 6.31. The average molecular weight is 297 g/mol. The minimum atomic E-state index is -1.33. The molecule has 2 aliphatic carbocycles. The number of nitrogens with one attached hydrogen (secondary N) is 1. The van der Waals surface area contributed by atoms with E-state index in [0.717, 1.165) is 31.6 Å². The van der Waals surface area contributed by atoms with E-state index in [9.17, 15) is 14.4 Å². The Morgan fingerprint density at radius 2 is 1.67 bits per heavy atom. The number of rotatable bonds is 5. The number of aliphatic carboxylic acids is 2. The summed E-state index contributed by atoms with van der Waals surface area (Å²) >= 11 is 0. The maximum absolute atomic E-state index is 12.2. The lowest BCUT2D eigenvalue weighted by molar-refractivity contribution is -0.147. The van der Waals surface area contributed by atoms with Crippen molar-refractivity contribution in [2.24, 2.45) is 17.8 Å². The molecule has 2 aliphatic rings. The molecule has 0 radical (unpaired) electrons. The summed E-state index contributed by atoms with van der Waals surface area (Å²) in [5.74, 6) is -1.69. The molecule has 0 bridgehead atoms. The quantitative estimate of drug-likeness (QED) is 0.715. The van der Waals surface area contributed by atoms with Gasteiger partial charge in [-0.05, 0) is 31.1 Å². The maximum atomic E-state index is 12.2. The minimum Gasteiger partial charge on any atom is -0.481 e. The van der Waals surface area contributed by atoms with E-state index < -0.39 is 24.4 Å². The largest absolute Gasteiger partial charge is 0.481 e. The van der Waals surface area contributed by atoms with Crippen LogP contribution in [0.1, 0.15) is 51.4 Å². The molecule has 4 unspecified atom stereocenters. The van der Waals surface area contributed by atoms with Crippen LogP contribution in [0, 0.1) is 17.8 Å². The molecule has 6 heteroatoms. The normalized spacial score (nSPS) is 30.0. The molecule has 1 amide bonds. The SMILES string of the molecule is O=C(O)CC(NC(=O)C1CCC2CCCCC2C1)C(=O)O. The first-order chi connectivity index (χ1) is 9.97. The number of carboxylic acid groups (broad SMARTS) is 2. The average Bonchev–Trinajstić information content (AvgIpc) is 2.45. The molecule has 4 atom stereocenters. The first-order valence-corrected chi connectivity index (χ1v) is 7.72. The van der Waals surface area contributed by atoms with Gasteiger partial charge >= 0.3 is 11.9 Å². The molecular weight excluding hydrogens is 274 g/mol. The molecule has 0 aromatic carbocycles. The smallest absolute Gasteiger partial charge is 0.326 e. The summed E-state index contributed by atoms with van der Waals surface area (Å²) in [5.41, 5.74) is 0. The van der Waals surface area contributed by atoms with E-state index in [-0.39, 0.29) is 11.8 Å². The lowest BCUT2D eigenvalue weighted by atomic mass is 9.67. The fraction of sp³-hybridized carbons (Fsp3) is 0.800. The lowest BCUT2D eigenvalue weighted by Gasteiger charge is -2.38. The zero-order chi connectivity index (χ0) is 15.4. The van der Waals surface area contributed by atoms with Crippen LogP contribution in [0.4, 0.5) is 0 Å². The molecule has 118 valence electrons. The van der Waals surface area contributed by atoms with Crippen LogP contribution in [0.15, 0.2) is 0 Å². The Morgan fingerprint density at radius 3 is 2.29 bits per heavy atom. The number of carbonyl (C=O) groups is 3. The van der Waals surface area contributed by atoms with Crippen molar-refractivity contribution in [2.45, 2.75) is 57.4 Å². The third-order valence-corrected chi connectivity index (χ3v) is 4.90.